The smallest absolute Gasteiger partial charge is 0.226 e. The van der Waals surface area contributed by atoms with Crippen LogP contribution in [0.2, 0.25) is 0 Å². The zero-order chi connectivity index (χ0) is 12.8. The van der Waals surface area contributed by atoms with Crippen LogP contribution < -0.4 is 5.32 Å². The van der Waals surface area contributed by atoms with Crippen molar-refractivity contribution in [1.82, 2.24) is 10.2 Å². The number of carbonyl (C=O) groups excluding carboxylic acids is 1. The number of hydrogen-bond acceptors (Lipinski definition) is 3. The van der Waals surface area contributed by atoms with Crippen molar-refractivity contribution in [2.45, 2.75) is 37.6 Å². The van der Waals surface area contributed by atoms with Crippen LogP contribution in [-0.4, -0.2) is 50.2 Å². The van der Waals surface area contributed by atoms with Crippen molar-refractivity contribution in [2.75, 3.05) is 33.9 Å². The van der Waals surface area contributed by atoms with Gasteiger partial charge in [0.05, 0.1) is 12.1 Å². The van der Waals surface area contributed by atoms with Crippen LogP contribution in [0.4, 0.5) is 0 Å². The number of amides is 1. The molecule has 1 atom stereocenters. The molecule has 102 valence electrons. The van der Waals surface area contributed by atoms with E-state index in [1.807, 2.05) is 11.9 Å². The second-order valence-electron chi connectivity index (χ2n) is 6.42. The minimum atomic E-state index is 0.0303. The first kappa shape index (κ1) is 12.4. The van der Waals surface area contributed by atoms with Crippen molar-refractivity contribution in [3.63, 3.8) is 0 Å². The van der Waals surface area contributed by atoms with Crippen molar-refractivity contribution in [2.24, 2.45) is 11.3 Å². The highest BCUT2D eigenvalue weighted by atomic mass is 16.5. The molecule has 1 heterocycles. The van der Waals surface area contributed by atoms with E-state index in [-0.39, 0.29) is 5.54 Å². The molecular formula is C14H24N2O2. The highest BCUT2D eigenvalue weighted by molar-refractivity contribution is 5.83. The molecule has 1 spiro atoms. The SMILES string of the molecule is COCC1(N(C)C(=O)C2CC23CCNCC3)CC1. The van der Waals surface area contributed by atoms with Gasteiger partial charge in [0.15, 0.2) is 0 Å². The summed E-state index contributed by atoms with van der Waals surface area (Å²) in [5.41, 5.74) is 0.377. The standard InChI is InChI=1S/C14H24N2O2/c1-16(14(3-4-14)10-18-2)12(17)11-9-13(11)5-7-15-8-6-13/h11,15H,3-10H2,1-2H3. The first-order chi connectivity index (χ1) is 8.64. The lowest BCUT2D eigenvalue weighted by Crippen LogP contribution is -2.44. The summed E-state index contributed by atoms with van der Waals surface area (Å²) in [5, 5.41) is 3.39. The lowest BCUT2D eigenvalue weighted by molar-refractivity contribution is -0.136. The topological polar surface area (TPSA) is 41.6 Å². The lowest BCUT2D eigenvalue weighted by Gasteiger charge is -2.30. The Bertz CT molecular complexity index is 346. The number of hydrogen-bond donors (Lipinski definition) is 1. The van der Waals surface area contributed by atoms with Gasteiger partial charge in [-0.3, -0.25) is 4.79 Å². The molecule has 2 saturated carbocycles. The van der Waals surface area contributed by atoms with Crippen molar-refractivity contribution < 1.29 is 9.53 Å². The third kappa shape index (κ3) is 1.86. The van der Waals surface area contributed by atoms with Crippen LogP contribution in [0.25, 0.3) is 0 Å². The number of nitrogens with zero attached hydrogens (tertiary/aromatic N) is 1. The van der Waals surface area contributed by atoms with E-state index >= 15 is 0 Å². The summed E-state index contributed by atoms with van der Waals surface area (Å²) in [4.78, 5) is 14.6. The Labute approximate surface area is 109 Å². The van der Waals surface area contributed by atoms with E-state index in [0.717, 1.165) is 32.4 Å². The largest absolute Gasteiger partial charge is 0.382 e. The van der Waals surface area contributed by atoms with Crippen molar-refractivity contribution in [3.05, 3.63) is 0 Å². The first-order valence-corrected chi connectivity index (χ1v) is 7.11. The van der Waals surface area contributed by atoms with E-state index < -0.39 is 0 Å². The molecule has 0 bridgehead atoms. The van der Waals surface area contributed by atoms with E-state index in [4.69, 9.17) is 4.74 Å². The highest BCUT2D eigenvalue weighted by Crippen LogP contribution is 2.60. The summed E-state index contributed by atoms with van der Waals surface area (Å²) in [6.07, 6.45) is 5.67. The molecule has 3 fully saturated rings. The van der Waals surface area contributed by atoms with E-state index in [1.54, 1.807) is 7.11 Å². The fourth-order valence-corrected chi connectivity index (χ4v) is 3.63. The Balaban J connectivity index is 1.62. The van der Waals surface area contributed by atoms with Gasteiger partial charge in [-0.1, -0.05) is 0 Å². The van der Waals surface area contributed by atoms with Gasteiger partial charge in [0.2, 0.25) is 5.91 Å². The fraction of sp³-hybridized carbons (Fsp3) is 0.929. The molecule has 4 heteroatoms. The van der Waals surface area contributed by atoms with Gasteiger partial charge in [-0.2, -0.15) is 0 Å². The van der Waals surface area contributed by atoms with E-state index in [0.29, 0.717) is 23.8 Å². The molecule has 0 radical (unpaired) electrons. The van der Waals surface area contributed by atoms with Gasteiger partial charge >= 0.3 is 0 Å². The van der Waals surface area contributed by atoms with Crippen LogP contribution in [0.3, 0.4) is 0 Å². The molecule has 1 N–H and O–H groups in total. The zero-order valence-electron chi connectivity index (χ0n) is 11.5. The second kappa shape index (κ2) is 4.20. The summed E-state index contributed by atoms with van der Waals surface area (Å²) in [6.45, 7) is 2.85. The number of carbonyl (C=O) groups is 1. The quantitative estimate of drug-likeness (QED) is 0.812. The van der Waals surface area contributed by atoms with Crippen LogP contribution >= 0.6 is 0 Å². The van der Waals surface area contributed by atoms with Gasteiger partial charge in [-0.05, 0) is 50.6 Å². The first-order valence-electron chi connectivity index (χ1n) is 7.11. The molecule has 1 aliphatic heterocycles. The average molecular weight is 252 g/mol. The van der Waals surface area contributed by atoms with Crippen LogP contribution in [0.15, 0.2) is 0 Å². The minimum absolute atomic E-state index is 0.0303. The number of rotatable bonds is 4. The molecule has 1 saturated heterocycles. The Morgan fingerprint density at radius 1 is 1.33 bits per heavy atom. The Hall–Kier alpha value is -0.610. The maximum atomic E-state index is 12.6. The number of nitrogens with one attached hydrogen (secondary N) is 1. The molecule has 1 amide bonds. The third-order valence-corrected chi connectivity index (χ3v) is 5.37. The summed E-state index contributed by atoms with van der Waals surface area (Å²) in [7, 11) is 3.70. The molecular weight excluding hydrogens is 228 g/mol. The predicted molar refractivity (Wildman–Crippen MR) is 69.3 cm³/mol. The summed E-state index contributed by atoms with van der Waals surface area (Å²) < 4.78 is 5.27. The minimum Gasteiger partial charge on any atom is -0.382 e. The monoisotopic (exact) mass is 252 g/mol. The van der Waals surface area contributed by atoms with Crippen LogP contribution in [-0.2, 0) is 9.53 Å². The maximum Gasteiger partial charge on any atom is 0.226 e. The Morgan fingerprint density at radius 2 is 2.00 bits per heavy atom. The molecule has 0 aromatic rings. The summed E-state index contributed by atoms with van der Waals surface area (Å²) >= 11 is 0. The lowest BCUT2D eigenvalue weighted by atomic mass is 9.91. The molecule has 0 aromatic carbocycles. The van der Waals surface area contributed by atoms with Crippen LogP contribution in [0.5, 0.6) is 0 Å². The van der Waals surface area contributed by atoms with Gasteiger partial charge in [-0.15, -0.1) is 0 Å². The van der Waals surface area contributed by atoms with E-state index in [9.17, 15) is 4.79 Å². The summed E-state index contributed by atoms with van der Waals surface area (Å²) in [5.74, 6) is 0.658. The molecule has 2 aliphatic carbocycles. The molecule has 3 aliphatic rings. The van der Waals surface area contributed by atoms with Crippen molar-refractivity contribution in [3.8, 4) is 0 Å². The molecule has 3 rings (SSSR count). The molecule has 4 nitrogen and oxygen atoms in total. The van der Waals surface area contributed by atoms with Crippen molar-refractivity contribution in [1.29, 1.82) is 0 Å². The van der Waals surface area contributed by atoms with Gasteiger partial charge in [0, 0.05) is 20.1 Å². The Kier molecular flexibility index (Phi) is 2.90. The third-order valence-electron chi connectivity index (χ3n) is 5.37. The number of likely N-dealkylation sites (N-methyl/N-ethyl adjacent to an activating group) is 1. The van der Waals surface area contributed by atoms with E-state index in [2.05, 4.69) is 5.32 Å². The van der Waals surface area contributed by atoms with Crippen molar-refractivity contribution >= 4 is 5.91 Å². The predicted octanol–water partition coefficient (Wildman–Crippen LogP) is 1.01. The number of ether oxygens (including phenoxy) is 1. The van der Waals surface area contributed by atoms with Crippen LogP contribution in [0, 0.1) is 11.3 Å². The number of methoxy groups -OCH3 is 1. The summed E-state index contributed by atoms with van der Waals surface area (Å²) in [6, 6.07) is 0. The highest BCUT2D eigenvalue weighted by Gasteiger charge is 2.61. The normalized spacial score (nSPS) is 31.1. The molecule has 18 heavy (non-hydrogen) atoms. The maximum absolute atomic E-state index is 12.6. The van der Waals surface area contributed by atoms with E-state index in [1.165, 1.54) is 12.8 Å². The van der Waals surface area contributed by atoms with Gasteiger partial charge in [0.1, 0.15) is 0 Å². The van der Waals surface area contributed by atoms with Crippen LogP contribution in [0.1, 0.15) is 32.1 Å². The average Bonchev–Trinajstić information content (AvgIpc) is 3.28. The van der Waals surface area contributed by atoms with Gasteiger partial charge < -0.3 is 15.0 Å². The fourth-order valence-electron chi connectivity index (χ4n) is 3.63. The van der Waals surface area contributed by atoms with Gasteiger partial charge in [-0.25, -0.2) is 0 Å². The molecule has 1 unspecified atom stereocenters. The zero-order valence-corrected chi connectivity index (χ0v) is 11.5. The number of piperidine rings is 1. The second-order valence-corrected chi connectivity index (χ2v) is 6.42. The van der Waals surface area contributed by atoms with Gasteiger partial charge in [0.25, 0.3) is 0 Å². The molecule has 0 aromatic heterocycles. The Morgan fingerprint density at radius 3 is 2.56 bits per heavy atom.